The molecule has 1 aliphatic carbocycles. The largest absolute Gasteiger partial charge is 0.416 e. The Labute approximate surface area is 171 Å². The van der Waals surface area contributed by atoms with E-state index in [9.17, 15) is 4.79 Å². The molecular formula is C21H19N3O2S2. The second kappa shape index (κ2) is 7.64. The van der Waals surface area contributed by atoms with Crippen molar-refractivity contribution >= 4 is 35.1 Å². The number of carbonyl (C=O) groups is 1. The normalized spacial score (nSPS) is 18.7. The number of para-hydroxylation sites is 1. The van der Waals surface area contributed by atoms with Crippen molar-refractivity contribution in [3.63, 3.8) is 0 Å². The molecule has 0 bridgehead atoms. The van der Waals surface area contributed by atoms with Crippen molar-refractivity contribution in [2.75, 3.05) is 16.4 Å². The van der Waals surface area contributed by atoms with Crippen molar-refractivity contribution in [3.05, 3.63) is 66.1 Å². The molecule has 1 saturated carbocycles. The molecule has 2 aromatic carbocycles. The van der Waals surface area contributed by atoms with Crippen LogP contribution in [0, 0.1) is 0 Å². The van der Waals surface area contributed by atoms with E-state index in [1.54, 1.807) is 11.8 Å². The lowest BCUT2D eigenvalue weighted by molar-refractivity contribution is -0.116. The first-order chi connectivity index (χ1) is 13.8. The first-order valence-electron chi connectivity index (χ1n) is 9.34. The van der Waals surface area contributed by atoms with E-state index in [2.05, 4.69) is 28.4 Å². The molecule has 1 aromatic heterocycles. The average Bonchev–Trinajstić information content (AvgIpc) is 3.49. The zero-order chi connectivity index (χ0) is 18.9. The van der Waals surface area contributed by atoms with Gasteiger partial charge in [0.15, 0.2) is 0 Å². The summed E-state index contributed by atoms with van der Waals surface area (Å²) >= 11 is 3.12. The number of hydrogen-bond acceptors (Lipinski definition) is 6. The zero-order valence-corrected chi connectivity index (χ0v) is 16.8. The Morgan fingerprint density at radius 2 is 1.89 bits per heavy atom. The molecule has 5 nitrogen and oxygen atoms in total. The van der Waals surface area contributed by atoms with Crippen molar-refractivity contribution in [1.29, 1.82) is 0 Å². The highest BCUT2D eigenvalue weighted by Crippen LogP contribution is 2.44. The van der Waals surface area contributed by atoms with Crippen LogP contribution in [0.4, 0.5) is 5.69 Å². The second-order valence-corrected chi connectivity index (χ2v) is 8.93. The lowest BCUT2D eigenvalue weighted by atomic mass is 10.1. The van der Waals surface area contributed by atoms with Crippen LogP contribution < -0.4 is 4.90 Å². The van der Waals surface area contributed by atoms with Crippen LogP contribution in [0.15, 0.2) is 69.1 Å². The van der Waals surface area contributed by atoms with Crippen molar-refractivity contribution in [1.82, 2.24) is 10.2 Å². The summed E-state index contributed by atoms with van der Waals surface area (Å²) in [6.45, 7) is 0. The molecule has 7 heteroatoms. The Morgan fingerprint density at radius 1 is 1.11 bits per heavy atom. The highest BCUT2D eigenvalue weighted by atomic mass is 32.2. The molecular weight excluding hydrogens is 390 g/mol. The molecule has 0 unspecified atom stereocenters. The summed E-state index contributed by atoms with van der Waals surface area (Å²) < 4.78 is 5.69. The monoisotopic (exact) mass is 409 g/mol. The predicted octanol–water partition coefficient (Wildman–Crippen LogP) is 4.92. The topological polar surface area (TPSA) is 59.2 Å². The number of hydrogen-bond donors (Lipinski definition) is 0. The maximum absolute atomic E-state index is 13.3. The highest BCUT2D eigenvalue weighted by Gasteiger charge is 2.33. The molecule has 142 valence electrons. The third-order valence-electron chi connectivity index (χ3n) is 4.95. The second-order valence-electron chi connectivity index (χ2n) is 6.94. The molecule has 3 aromatic rings. The van der Waals surface area contributed by atoms with E-state index >= 15 is 0 Å². The first-order valence-corrected chi connectivity index (χ1v) is 11.3. The molecule has 0 saturated heterocycles. The summed E-state index contributed by atoms with van der Waals surface area (Å²) in [4.78, 5) is 16.4. The number of thioether (sulfide) groups is 2. The standard InChI is InChI=1S/C21H19N3O2S2/c25-19(13-28-21-23-22-20(26-21)15-10-11-15)24-16-8-4-5-9-18(16)27-12-17(24)14-6-2-1-3-7-14/h1-9,15,17H,10-13H2/t17-/m1/s1. The van der Waals surface area contributed by atoms with E-state index in [-0.39, 0.29) is 17.7 Å². The number of carbonyl (C=O) groups excluding carboxylic acids is 1. The molecule has 2 aliphatic rings. The van der Waals surface area contributed by atoms with Gasteiger partial charge in [0, 0.05) is 16.6 Å². The zero-order valence-electron chi connectivity index (χ0n) is 15.2. The number of rotatable bonds is 5. The van der Waals surface area contributed by atoms with Gasteiger partial charge in [-0.2, -0.15) is 0 Å². The number of anilines is 1. The number of fused-ring (bicyclic) bond motifs is 1. The van der Waals surface area contributed by atoms with Crippen LogP contribution in [-0.2, 0) is 4.79 Å². The minimum atomic E-state index is 0.0129. The van der Waals surface area contributed by atoms with Gasteiger partial charge in [0.2, 0.25) is 11.8 Å². The molecule has 1 amide bonds. The molecule has 2 heterocycles. The van der Waals surface area contributed by atoms with Gasteiger partial charge < -0.3 is 9.32 Å². The first kappa shape index (κ1) is 17.8. The third-order valence-corrected chi connectivity index (χ3v) is 6.90. The summed E-state index contributed by atoms with van der Waals surface area (Å²) in [6.07, 6.45) is 2.23. The summed E-state index contributed by atoms with van der Waals surface area (Å²) in [7, 11) is 0. The van der Waals surface area contributed by atoms with E-state index in [4.69, 9.17) is 4.42 Å². The van der Waals surface area contributed by atoms with Crippen LogP contribution >= 0.6 is 23.5 Å². The van der Waals surface area contributed by atoms with E-state index in [1.165, 1.54) is 11.8 Å². The van der Waals surface area contributed by atoms with Gasteiger partial charge in [-0.1, -0.05) is 54.2 Å². The van der Waals surface area contributed by atoms with Gasteiger partial charge in [-0.05, 0) is 30.5 Å². The van der Waals surface area contributed by atoms with E-state index in [1.807, 2.05) is 41.3 Å². The molecule has 0 spiro atoms. The van der Waals surface area contributed by atoms with Gasteiger partial charge in [0.1, 0.15) is 0 Å². The Morgan fingerprint density at radius 3 is 2.71 bits per heavy atom. The molecule has 0 N–H and O–H groups in total. The summed E-state index contributed by atoms with van der Waals surface area (Å²) in [5.41, 5.74) is 2.12. The fraction of sp³-hybridized carbons (Fsp3) is 0.286. The van der Waals surface area contributed by atoms with E-state index < -0.39 is 0 Å². The van der Waals surface area contributed by atoms with E-state index in [0.29, 0.717) is 17.0 Å². The summed E-state index contributed by atoms with van der Waals surface area (Å²) in [5, 5.41) is 8.67. The van der Waals surface area contributed by atoms with Gasteiger partial charge in [-0.3, -0.25) is 4.79 Å². The van der Waals surface area contributed by atoms with Crippen molar-refractivity contribution < 1.29 is 9.21 Å². The van der Waals surface area contributed by atoms with Crippen LogP contribution in [0.25, 0.3) is 0 Å². The fourth-order valence-electron chi connectivity index (χ4n) is 3.39. The van der Waals surface area contributed by atoms with Gasteiger partial charge >= 0.3 is 0 Å². The average molecular weight is 410 g/mol. The fourth-order valence-corrected chi connectivity index (χ4v) is 5.18. The number of benzene rings is 2. The molecule has 5 rings (SSSR count). The maximum Gasteiger partial charge on any atom is 0.277 e. The van der Waals surface area contributed by atoms with Gasteiger partial charge in [-0.15, -0.1) is 22.0 Å². The van der Waals surface area contributed by atoms with Gasteiger partial charge in [0.25, 0.3) is 5.22 Å². The third kappa shape index (κ3) is 3.56. The van der Waals surface area contributed by atoms with Crippen LogP contribution in [0.1, 0.15) is 36.3 Å². The lowest BCUT2D eigenvalue weighted by Gasteiger charge is -2.37. The predicted molar refractivity (Wildman–Crippen MR) is 111 cm³/mol. The number of aromatic nitrogens is 2. The van der Waals surface area contributed by atoms with E-state index in [0.717, 1.165) is 34.7 Å². The Balaban J connectivity index is 1.39. The molecule has 1 fully saturated rings. The molecule has 1 aliphatic heterocycles. The summed E-state index contributed by atoms with van der Waals surface area (Å²) in [5.74, 6) is 2.29. The Hall–Kier alpha value is -2.25. The Kier molecular flexibility index (Phi) is 4.86. The smallest absolute Gasteiger partial charge is 0.277 e. The molecule has 1 atom stereocenters. The van der Waals surface area contributed by atoms with Gasteiger partial charge in [0.05, 0.1) is 17.5 Å². The minimum Gasteiger partial charge on any atom is -0.416 e. The summed E-state index contributed by atoms with van der Waals surface area (Å²) in [6, 6.07) is 18.3. The van der Waals surface area contributed by atoms with Crippen molar-refractivity contribution in [3.8, 4) is 0 Å². The maximum atomic E-state index is 13.3. The molecule has 0 radical (unpaired) electrons. The molecule has 28 heavy (non-hydrogen) atoms. The van der Waals surface area contributed by atoms with Crippen LogP contribution in [0.5, 0.6) is 0 Å². The Bertz CT molecular complexity index is 988. The van der Waals surface area contributed by atoms with Crippen LogP contribution in [0.3, 0.4) is 0 Å². The SMILES string of the molecule is O=C(CSc1nnc(C2CC2)o1)N1c2ccccc2SC[C@@H]1c1ccccc1. The lowest BCUT2D eigenvalue weighted by Crippen LogP contribution is -2.39. The van der Waals surface area contributed by atoms with Crippen molar-refractivity contribution in [2.24, 2.45) is 0 Å². The minimum absolute atomic E-state index is 0.0129. The van der Waals surface area contributed by atoms with Crippen LogP contribution in [-0.4, -0.2) is 27.6 Å². The van der Waals surface area contributed by atoms with Gasteiger partial charge in [-0.25, -0.2) is 0 Å². The van der Waals surface area contributed by atoms with Crippen LogP contribution in [0.2, 0.25) is 0 Å². The number of amides is 1. The quantitative estimate of drug-likeness (QED) is 0.558. The van der Waals surface area contributed by atoms with Crippen molar-refractivity contribution in [2.45, 2.75) is 34.9 Å². The highest BCUT2D eigenvalue weighted by molar-refractivity contribution is 8.00. The number of nitrogens with zero attached hydrogens (tertiary/aromatic N) is 3.